The Labute approximate surface area is 177 Å². The molecule has 0 atom stereocenters. The van der Waals surface area contributed by atoms with Gasteiger partial charge in [0, 0.05) is 45.0 Å². The van der Waals surface area contributed by atoms with E-state index in [1.807, 2.05) is 42.5 Å². The van der Waals surface area contributed by atoms with Gasteiger partial charge in [-0.05, 0) is 42.7 Å². The fourth-order valence-electron chi connectivity index (χ4n) is 3.91. The maximum absolute atomic E-state index is 13.1. The molecule has 1 amide bonds. The van der Waals surface area contributed by atoms with Gasteiger partial charge in [-0.15, -0.1) is 0 Å². The van der Waals surface area contributed by atoms with Crippen LogP contribution in [0.3, 0.4) is 0 Å². The fraction of sp³-hybridized carbons (Fsp3) is 0.364. The summed E-state index contributed by atoms with van der Waals surface area (Å²) < 4.78 is 28.9. The van der Waals surface area contributed by atoms with Crippen molar-refractivity contribution in [3.8, 4) is 0 Å². The standard InChI is InChI=1S/C22H26N4O3S/c1-16-23-21(15-24(16)2)30(28,29)26-12-10-18(11-13-26)22(27)25(3)20-9-8-17-6-4-5-7-19(17)14-20/h4-9,14-15,18H,10-13H2,1-3H3. The van der Waals surface area contributed by atoms with Gasteiger partial charge >= 0.3 is 0 Å². The van der Waals surface area contributed by atoms with Crippen LogP contribution in [0.15, 0.2) is 53.7 Å². The normalized spacial score (nSPS) is 16.1. The quantitative estimate of drug-likeness (QED) is 0.643. The van der Waals surface area contributed by atoms with Gasteiger partial charge in [-0.3, -0.25) is 4.79 Å². The number of fused-ring (bicyclic) bond motifs is 1. The number of hydrogen-bond acceptors (Lipinski definition) is 4. The molecule has 1 saturated heterocycles. The number of anilines is 1. The van der Waals surface area contributed by atoms with Crippen molar-refractivity contribution in [3.63, 3.8) is 0 Å². The van der Waals surface area contributed by atoms with Gasteiger partial charge in [0.15, 0.2) is 5.03 Å². The Bertz CT molecular complexity index is 1170. The van der Waals surface area contributed by atoms with E-state index in [1.165, 1.54) is 10.5 Å². The molecule has 8 heteroatoms. The Hall–Kier alpha value is -2.71. The van der Waals surface area contributed by atoms with E-state index in [0.29, 0.717) is 31.8 Å². The summed E-state index contributed by atoms with van der Waals surface area (Å²) in [4.78, 5) is 18.9. The van der Waals surface area contributed by atoms with Crippen LogP contribution in [-0.4, -0.2) is 48.3 Å². The zero-order valence-electron chi connectivity index (χ0n) is 17.4. The average molecular weight is 427 g/mol. The van der Waals surface area contributed by atoms with Crippen molar-refractivity contribution in [1.82, 2.24) is 13.9 Å². The lowest BCUT2D eigenvalue weighted by Crippen LogP contribution is -2.43. The number of benzene rings is 2. The molecule has 2 aromatic carbocycles. The molecule has 0 N–H and O–H groups in total. The highest BCUT2D eigenvalue weighted by molar-refractivity contribution is 7.89. The minimum Gasteiger partial charge on any atom is -0.337 e. The van der Waals surface area contributed by atoms with Crippen molar-refractivity contribution in [3.05, 3.63) is 54.5 Å². The first-order chi connectivity index (χ1) is 14.3. The van der Waals surface area contributed by atoms with Gasteiger partial charge in [-0.1, -0.05) is 30.3 Å². The Balaban J connectivity index is 1.44. The largest absolute Gasteiger partial charge is 0.337 e. The number of piperidine rings is 1. The van der Waals surface area contributed by atoms with Gasteiger partial charge < -0.3 is 9.47 Å². The van der Waals surface area contributed by atoms with Gasteiger partial charge in [0.25, 0.3) is 10.0 Å². The number of sulfonamides is 1. The summed E-state index contributed by atoms with van der Waals surface area (Å²) in [5, 5.41) is 2.28. The number of carbonyl (C=O) groups is 1. The highest BCUT2D eigenvalue weighted by Crippen LogP contribution is 2.27. The van der Waals surface area contributed by atoms with Crippen molar-refractivity contribution in [2.45, 2.75) is 24.8 Å². The first kappa shape index (κ1) is 20.6. The van der Waals surface area contributed by atoms with Crippen LogP contribution in [0.25, 0.3) is 10.8 Å². The lowest BCUT2D eigenvalue weighted by Gasteiger charge is -2.32. The van der Waals surface area contributed by atoms with Crippen molar-refractivity contribution in [2.24, 2.45) is 13.0 Å². The number of nitrogens with zero attached hydrogens (tertiary/aromatic N) is 4. The summed E-state index contributed by atoms with van der Waals surface area (Å²) in [6.07, 6.45) is 2.54. The topological polar surface area (TPSA) is 75.5 Å². The molecule has 0 radical (unpaired) electrons. The summed E-state index contributed by atoms with van der Waals surface area (Å²) >= 11 is 0. The minimum atomic E-state index is -3.63. The number of rotatable bonds is 4. The minimum absolute atomic E-state index is 0.0241. The van der Waals surface area contributed by atoms with Gasteiger partial charge in [-0.2, -0.15) is 4.31 Å². The Kier molecular flexibility index (Phi) is 5.38. The molecule has 1 aromatic heterocycles. The Morgan fingerprint density at radius 1 is 1.10 bits per heavy atom. The Morgan fingerprint density at radius 3 is 2.40 bits per heavy atom. The van der Waals surface area contributed by atoms with Crippen molar-refractivity contribution in [2.75, 3.05) is 25.0 Å². The van der Waals surface area contributed by atoms with E-state index in [1.54, 1.807) is 30.5 Å². The number of imidazole rings is 1. The lowest BCUT2D eigenvalue weighted by atomic mass is 9.96. The van der Waals surface area contributed by atoms with E-state index in [-0.39, 0.29) is 16.9 Å². The lowest BCUT2D eigenvalue weighted by molar-refractivity contribution is -0.123. The Morgan fingerprint density at radius 2 is 1.77 bits per heavy atom. The van der Waals surface area contributed by atoms with Crippen LogP contribution in [0.1, 0.15) is 18.7 Å². The van der Waals surface area contributed by atoms with E-state index in [0.717, 1.165) is 16.5 Å². The van der Waals surface area contributed by atoms with Crippen LogP contribution < -0.4 is 4.90 Å². The average Bonchev–Trinajstić information content (AvgIpc) is 3.11. The first-order valence-corrected chi connectivity index (χ1v) is 11.5. The van der Waals surface area contributed by atoms with Gasteiger partial charge in [0.2, 0.25) is 5.91 Å². The summed E-state index contributed by atoms with van der Waals surface area (Å²) in [5.41, 5.74) is 0.845. The monoisotopic (exact) mass is 426 g/mol. The van der Waals surface area contributed by atoms with E-state index in [9.17, 15) is 13.2 Å². The van der Waals surface area contributed by atoms with Crippen molar-refractivity contribution >= 4 is 32.4 Å². The molecule has 1 aliphatic heterocycles. The van der Waals surface area contributed by atoms with Crippen LogP contribution in [-0.2, 0) is 21.9 Å². The third-order valence-corrected chi connectivity index (χ3v) is 7.72. The van der Waals surface area contributed by atoms with E-state index in [2.05, 4.69) is 4.98 Å². The third-order valence-electron chi connectivity index (χ3n) is 5.94. The number of aryl methyl sites for hydroxylation is 2. The molecule has 0 saturated carbocycles. The molecule has 0 aliphatic carbocycles. The summed E-state index contributed by atoms with van der Waals surface area (Å²) in [6.45, 7) is 2.41. The van der Waals surface area contributed by atoms with Crippen LogP contribution in [0.5, 0.6) is 0 Å². The highest BCUT2D eigenvalue weighted by Gasteiger charge is 2.34. The molecule has 2 heterocycles. The molecule has 3 aromatic rings. The third kappa shape index (κ3) is 3.73. The van der Waals surface area contributed by atoms with Crippen molar-refractivity contribution < 1.29 is 13.2 Å². The zero-order chi connectivity index (χ0) is 21.5. The fourth-order valence-corrected chi connectivity index (χ4v) is 5.41. The molecule has 0 bridgehead atoms. The molecular weight excluding hydrogens is 400 g/mol. The second kappa shape index (κ2) is 7.85. The number of amides is 1. The second-order valence-electron chi connectivity index (χ2n) is 7.84. The van der Waals surface area contributed by atoms with Crippen molar-refractivity contribution in [1.29, 1.82) is 0 Å². The van der Waals surface area contributed by atoms with Gasteiger partial charge in [0.1, 0.15) is 5.82 Å². The maximum atomic E-state index is 13.1. The second-order valence-corrected chi connectivity index (χ2v) is 9.73. The molecule has 0 unspecified atom stereocenters. The smallest absolute Gasteiger partial charge is 0.262 e. The SMILES string of the molecule is Cc1nc(S(=O)(=O)N2CCC(C(=O)N(C)c3ccc4ccccc4c3)CC2)cn1C. The van der Waals surface area contributed by atoms with Crippen LogP contribution in [0.4, 0.5) is 5.69 Å². The molecule has 4 rings (SSSR count). The highest BCUT2D eigenvalue weighted by atomic mass is 32.2. The van der Waals surface area contributed by atoms with Crippen LogP contribution in [0, 0.1) is 12.8 Å². The zero-order valence-corrected chi connectivity index (χ0v) is 18.3. The van der Waals surface area contributed by atoms with E-state index >= 15 is 0 Å². The molecule has 0 spiro atoms. The maximum Gasteiger partial charge on any atom is 0.262 e. The number of aromatic nitrogens is 2. The molecule has 7 nitrogen and oxygen atoms in total. The van der Waals surface area contributed by atoms with E-state index < -0.39 is 10.0 Å². The predicted molar refractivity (Wildman–Crippen MR) is 117 cm³/mol. The molecule has 1 fully saturated rings. The first-order valence-electron chi connectivity index (χ1n) is 10.0. The van der Waals surface area contributed by atoms with E-state index in [4.69, 9.17) is 0 Å². The predicted octanol–water partition coefficient (Wildman–Crippen LogP) is 2.95. The number of carbonyl (C=O) groups excluding carboxylic acids is 1. The molecule has 30 heavy (non-hydrogen) atoms. The molecular formula is C22H26N4O3S. The summed E-state index contributed by atoms with van der Waals surface area (Å²) in [5.74, 6) is 0.477. The van der Waals surface area contributed by atoms with Crippen LogP contribution in [0.2, 0.25) is 0 Å². The van der Waals surface area contributed by atoms with Crippen LogP contribution >= 0.6 is 0 Å². The van der Waals surface area contributed by atoms with Gasteiger partial charge in [-0.25, -0.2) is 13.4 Å². The molecule has 1 aliphatic rings. The summed E-state index contributed by atoms with van der Waals surface area (Å²) in [7, 11) is -0.0764. The summed E-state index contributed by atoms with van der Waals surface area (Å²) in [6, 6.07) is 14.0. The number of hydrogen-bond donors (Lipinski definition) is 0. The van der Waals surface area contributed by atoms with Gasteiger partial charge in [0.05, 0.1) is 0 Å². The molecule has 158 valence electrons.